The minimum absolute atomic E-state index is 0.0601. The van der Waals surface area contributed by atoms with Gasteiger partial charge < -0.3 is 19.5 Å². The Morgan fingerprint density at radius 3 is 2.43 bits per heavy atom. The number of hydrogen-bond donors (Lipinski definition) is 1. The summed E-state index contributed by atoms with van der Waals surface area (Å²) in [7, 11) is 1.82. The van der Waals surface area contributed by atoms with E-state index < -0.39 is 0 Å². The molecule has 0 atom stereocenters. The van der Waals surface area contributed by atoms with Crippen LogP contribution < -0.4 is 10.2 Å². The van der Waals surface area contributed by atoms with Gasteiger partial charge in [0.2, 0.25) is 0 Å². The van der Waals surface area contributed by atoms with E-state index in [4.69, 9.17) is 4.42 Å². The van der Waals surface area contributed by atoms with Crippen molar-refractivity contribution in [3.63, 3.8) is 0 Å². The summed E-state index contributed by atoms with van der Waals surface area (Å²) < 4.78 is 5.09. The number of carbonyl (C=O) groups excluding carboxylic acids is 2. The summed E-state index contributed by atoms with van der Waals surface area (Å²) in [6, 6.07) is 18.4. The average Bonchev–Trinajstić information content (AvgIpc) is 3.48. The molecule has 1 fully saturated rings. The molecule has 0 bridgehead atoms. The lowest BCUT2D eigenvalue weighted by Gasteiger charge is -2.24. The summed E-state index contributed by atoms with van der Waals surface area (Å²) in [5.74, 6) is -0.142. The fourth-order valence-electron chi connectivity index (χ4n) is 3.76. The van der Waals surface area contributed by atoms with E-state index in [2.05, 4.69) is 28.4 Å². The number of furan rings is 1. The third kappa shape index (κ3) is 4.38. The van der Waals surface area contributed by atoms with Crippen LogP contribution in [0.5, 0.6) is 0 Å². The Morgan fingerprint density at radius 1 is 1.00 bits per heavy atom. The van der Waals surface area contributed by atoms with Crippen LogP contribution in [0.4, 0.5) is 11.4 Å². The predicted molar refractivity (Wildman–Crippen MR) is 117 cm³/mol. The molecule has 0 unspecified atom stereocenters. The van der Waals surface area contributed by atoms with Crippen molar-refractivity contribution in [2.75, 3.05) is 30.4 Å². The van der Waals surface area contributed by atoms with Gasteiger partial charge in [-0.1, -0.05) is 18.2 Å². The molecule has 2 heterocycles. The highest BCUT2D eigenvalue weighted by Crippen LogP contribution is 2.26. The topological polar surface area (TPSA) is 65.8 Å². The van der Waals surface area contributed by atoms with E-state index in [1.54, 1.807) is 41.3 Å². The van der Waals surface area contributed by atoms with E-state index in [1.165, 1.54) is 24.8 Å². The molecule has 154 valence electrons. The van der Waals surface area contributed by atoms with E-state index in [-0.39, 0.29) is 17.6 Å². The zero-order valence-electron chi connectivity index (χ0n) is 17.0. The first kappa shape index (κ1) is 19.8. The Morgan fingerprint density at radius 2 is 1.73 bits per heavy atom. The van der Waals surface area contributed by atoms with Crippen molar-refractivity contribution in [2.24, 2.45) is 0 Å². The number of carbonyl (C=O) groups is 2. The minimum atomic E-state index is -0.324. The highest BCUT2D eigenvalue weighted by Gasteiger charge is 2.18. The van der Waals surface area contributed by atoms with Gasteiger partial charge in [-0.15, -0.1) is 0 Å². The highest BCUT2D eigenvalue weighted by atomic mass is 16.3. The second kappa shape index (κ2) is 8.86. The maximum absolute atomic E-state index is 12.9. The Kier molecular flexibility index (Phi) is 5.84. The average molecular weight is 403 g/mol. The predicted octanol–water partition coefficient (Wildman–Crippen LogP) is 4.40. The van der Waals surface area contributed by atoms with Crippen molar-refractivity contribution >= 4 is 23.2 Å². The molecule has 2 amide bonds. The SMILES string of the molecule is CN(Cc1ccccc1N1CCCC1)C(=O)c1ccc(NC(=O)c2ccco2)cc1. The van der Waals surface area contributed by atoms with Gasteiger partial charge in [0.05, 0.1) is 6.26 Å². The fourth-order valence-corrected chi connectivity index (χ4v) is 3.76. The van der Waals surface area contributed by atoms with E-state index in [0.29, 0.717) is 17.8 Å². The van der Waals surface area contributed by atoms with Crippen LogP contribution in [0.1, 0.15) is 39.3 Å². The Labute approximate surface area is 176 Å². The van der Waals surface area contributed by atoms with Gasteiger partial charge in [0.1, 0.15) is 0 Å². The molecule has 0 spiro atoms. The molecule has 0 aliphatic carbocycles. The van der Waals surface area contributed by atoms with Crippen LogP contribution >= 0.6 is 0 Å². The van der Waals surface area contributed by atoms with Crippen LogP contribution in [0.15, 0.2) is 71.3 Å². The summed E-state index contributed by atoms with van der Waals surface area (Å²) in [6.07, 6.45) is 3.88. The molecule has 1 aromatic heterocycles. The molecule has 6 nitrogen and oxygen atoms in total. The molecule has 30 heavy (non-hydrogen) atoms. The second-order valence-electron chi connectivity index (χ2n) is 7.49. The van der Waals surface area contributed by atoms with Gasteiger partial charge >= 0.3 is 0 Å². The number of nitrogens with zero attached hydrogens (tertiary/aromatic N) is 2. The monoisotopic (exact) mass is 403 g/mol. The quantitative estimate of drug-likeness (QED) is 0.662. The van der Waals surface area contributed by atoms with E-state index in [0.717, 1.165) is 18.7 Å². The molecule has 0 radical (unpaired) electrons. The highest BCUT2D eigenvalue weighted by molar-refractivity contribution is 6.02. The number of anilines is 2. The van der Waals surface area contributed by atoms with E-state index in [9.17, 15) is 9.59 Å². The van der Waals surface area contributed by atoms with E-state index in [1.807, 2.05) is 13.1 Å². The van der Waals surface area contributed by atoms with Crippen molar-refractivity contribution in [3.8, 4) is 0 Å². The number of rotatable bonds is 6. The maximum Gasteiger partial charge on any atom is 0.291 e. The van der Waals surface area contributed by atoms with E-state index >= 15 is 0 Å². The van der Waals surface area contributed by atoms with Gasteiger partial charge in [0, 0.05) is 43.6 Å². The van der Waals surface area contributed by atoms with Crippen molar-refractivity contribution < 1.29 is 14.0 Å². The van der Waals surface area contributed by atoms with Gasteiger partial charge in [0.25, 0.3) is 11.8 Å². The Balaban J connectivity index is 1.41. The van der Waals surface area contributed by atoms with Crippen LogP contribution in [-0.2, 0) is 6.54 Å². The summed E-state index contributed by atoms with van der Waals surface area (Å²) in [5, 5.41) is 2.76. The van der Waals surface area contributed by atoms with Gasteiger partial charge in [-0.25, -0.2) is 0 Å². The molecule has 1 aliphatic rings. The standard InChI is InChI=1S/C24H25N3O3/c1-26(17-19-7-2-3-8-21(19)27-14-4-5-15-27)24(29)18-10-12-20(13-11-18)25-23(28)22-9-6-16-30-22/h2-3,6-13,16H,4-5,14-15,17H2,1H3,(H,25,28). The van der Waals surface area contributed by atoms with Crippen LogP contribution in [0.25, 0.3) is 0 Å². The summed E-state index contributed by atoms with van der Waals surface area (Å²) in [5.41, 5.74) is 3.55. The van der Waals surface area contributed by atoms with Gasteiger partial charge in [0.15, 0.2) is 5.76 Å². The number of benzene rings is 2. The fraction of sp³-hybridized carbons (Fsp3) is 0.250. The van der Waals surface area contributed by atoms with Crippen LogP contribution in [-0.4, -0.2) is 36.9 Å². The van der Waals surface area contributed by atoms with Crippen LogP contribution in [0.3, 0.4) is 0 Å². The van der Waals surface area contributed by atoms with Crippen molar-refractivity contribution in [3.05, 3.63) is 83.8 Å². The zero-order valence-corrected chi connectivity index (χ0v) is 17.0. The minimum Gasteiger partial charge on any atom is -0.459 e. The first-order valence-electron chi connectivity index (χ1n) is 10.1. The molecule has 1 saturated heterocycles. The molecular weight excluding hydrogens is 378 g/mol. The molecule has 6 heteroatoms. The zero-order chi connectivity index (χ0) is 20.9. The molecule has 1 aliphatic heterocycles. The first-order chi connectivity index (χ1) is 14.6. The molecule has 2 aromatic carbocycles. The number of para-hydroxylation sites is 1. The third-order valence-electron chi connectivity index (χ3n) is 5.33. The van der Waals surface area contributed by atoms with Gasteiger partial charge in [-0.3, -0.25) is 9.59 Å². The lowest BCUT2D eigenvalue weighted by atomic mass is 10.1. The van der Waals surface area contributed by atoms with Crippen molar-refractivity contribution in [1.82, 2.24) is 4.90 Å². The normalized spacial score (nSPS) is 13.3. The molecule has 4 rings (SSSR count). The lowest BCUT2D eigenvalue weighted by molar-refractivity contribution is 0.0785. The van der Waals surface area contributed by atoms with Gasteiger partial charge in [-0.05, 0) is 60.9 Å². The second-order valence-corrected chi connectivity index (χ2v) is 7.49. The molecule has 1 N–H and O–H groups in total. The lowest BCUT2D eigenvalue weighted by Crippen LogP contribution is -2.28. The molecule has 3 aromatic rings. The van der Waals surface area contributed by atoms with Gasteiger partial charge in [-0.2, -0.15) is 0 Å². The molecular formula is C24H25N3O3. The van der Waals surface area contributed by atoms with Crippen molar-refractivity contribution in [2.45, 2.75) is 19.4 Å². The number of nitrogens with one attached hydrogen (secondary N) is 1. The Hall–Kier alpha value is -3.54. The smallest absolute Gasteiger partial charge is 0.291 e. The molecule has 0 saturated carbocycles. The summed E-state index contributed by atoms with van der Waals surface area (Å²) in [4.78, 5) is 29.1. The van der Waals surface area contributed by atoms with Crippen molar-refractivity contribution in [1.29, 1.82) is 0 Å². The number of amides is 2. The first-order valence-corrected chi connectivity index (χ1v) is 10.1. The third-order valence-corrected chi connectivity index (χ3v) is 5.33. The maximum atomic E-state index is 12.9. The van der Waals surface area contributed by atoms with Crippen LogP contribution in [0, 0.1) is 0 Å². The van der Waals surface area contributed by atoms with Crippen LogP contribution in [0.2, 0.25) is 0 Å². The largest absolute Gasteiger partial charge is 0.459 e. The summed E-state index contributed by atoms with van der Waals surface area (Å²) >= 11 is 0. The summed E-state index contributed by atoms with van der Waals surface area (Å²) in [6.45, 7) is 2.68. The number of hydrogen-bond acceptors (Lipinski definition) is 4. The Bertz CT molecular complexity index is 1010.